The van der Waals surface area contributed by atoms with Gasteiger partial charge in [-0.05, 0) is 48.8 Å². The van der Waals surface area contributed by atoms with Gasteiger partial charge in [0.2, 0.25) is 0 Å². The molecule has 1 N–H and O–H groups in total. The van der Waals surface area contributed by atoms with Crippen LogP contribution in [0.1, 0.15) is 31.1 Å². The van der Waals surface area contributed by atoms with Crippen molar-refractivity contribution in [2.75, 3.05) is 6.54 Å². The summed E-state index contributed by atoms with van der Waals surface area (Å²) in [5, 5.41) is 2.95. The van der Waals surface area contributed by atoms with E-state index in [0.29, 0.717) is 4.47 Å². The molecule has 94 valence electrons. The molecule has 17 heavy (non-hydrogen) atoms. The molecule has 0 atom stereocenters. The highest BCUT2D eigenvalue weighted by Crippen LogP contribution is 2.27. The van der Waals surface area contributed by atoms with Gasteiger partial charge in [0.1, 0.15) is 0 Å². The van der Waals surface area contributed by atoms with Crippen LogP contribution in [0.3, 0.4) is 0 Å². The van der Waals surface area contributed by atoms with E-state index in [-0.39, 0.29) is 28.5 Å². The number of rotatable bonds is 3. The van der Waals surface area contributed by atoms with E-state index in [2.05, 4.69) is 21.2 Å². The number of carbonyl (C=O) groups excluding carboxylic acids is 1. The monoisotopic (exact) mass is 321 g/mol. The van der Waals surface area contributed by atoms with Crippen molar-refractivity contribution in [2.45, 2.75) is 26.3 Å². The molecule has 0 saturated carbocycles. The van der Waals surface area contributed by atoms with Crippen LogP contribution in [0.25, 0.3) is 0 Å². The van der Waals surface area contributed by atoms with Crippen LogP contribution < -0.4 is 5.32 Å². The van der Waals surface area contributed by atoms with Crippen molar-refractivity contribution in [3.63, 3.8) is 0 Å². The molecule has 0 unspecified atom stereocenters. The number of hydrogen-bond donors (Lipinski definition) is 1. The lowest BCUT2D eigenvalue weighted by molar-refractivity contribution is 0.0978. The Bertz CT molecular complexity index is 443. The minimum atomic E-state index is -0.679. The molecule has 0 aromatic heterocycles. The molecule has 1 aromatic carbocycles. The van der Waals surface area contributed by atoms with Gasteiger partial charge >= 0.3 is 0 Å². The number of carbonyl (C=O) groups is 1. The topological polar surface area (TPSA) is 29.1 Å². The first-order valence-corrected chi connectivity index (χ1v) is 6.31. The van der Waals surface area contributed by atoms with E-state index in [1.165, 1.54) is 6.07 Å². The molecular formula is C12H14BrClFNO. The summed E-state index contributed by atoms with van der Waals surface area (Å²) < 4.78 is 14.2. The second kappa shape index (κ2) is 5.46. The van der Waals surface area contributed by atoms with Gasteiger partial charge in [0.05, 0.1) is 17.1 Å². The molecule has 0 heterocycles. The van der Waals surface area contributed by atoms with Crippen LogP contribution in [-0.2, 0) is 0 Å². The zero-order valence-corrected chi connectivity index (χ0v) is 12.2. The third-order valence-corrected chi connectivity index (χ3v) is 3.37. The van der Waals surface area contributed by atoms with Crippen molar-refractivity contribution >= 4 is 33.3 Å². The highest BCUT2D eigenvalue weighted by molar-refractivity contribution is 9.10. The van der Waals surface area contributed by atoms with Crippen molar-refractivity contribution in [1.29, 1.82) is 0 Å². The molecule has 0 aliphatic heterocycles. The van der Waals surface area contributed by atoms with E-state index in [1.54, 1.807) is 6.07 Å². The van der Waals surface area contributed by atoms with Crippen molar-refractivity contribution in [3.05, 3.63) is 33.0 Å². The van der Waals surface area contributed by atoms with E-state index < -0.39 is 5.82 Å². The summed E-state index contributed by atoms with van der Waals surface area (Å²) in [5.74, 6) is -0.992. The summed E-state index contributed by atoms with van der Waals surface area (Å²) in [6.45, 7) is 5.89. The first-order chi connectivity index (χ1) is 7.72. The Morgan fingerprint density at radius 3 is 2.59 bits per heavy atom. The fraction of sp³-hybridized carbons (Fsp3) is 0.417. The summed E-state index contributed by atoms with van der Waals surface area (Å²) in [6, 6.07) is 2.99. The molecular weight excluding hydrogens is 308 g/mol. The SMILES string of the molecule is CC(C)(C)NCC(=O)c1ccc(Br)c(Cl)c1F. The first-order valence-electron chi connectivity index (χ1n) is 5.14. The van der Waals surface area contributed by atoms with Crippen molar-refractivity contribution in [1.82, 2.24) is 5.32 Å². The van der Waals surface area contributed by atoms with Gasteiger partial charge in [-0.1, -0.05) is 11.6 Å². The second-order valence-electron chi connectivity index (χ2n) is 4.75. The zero-order chi connectivity index (χ0) is 13.2. The van der Waals surface area contributed by atoms with Crippen molar-refractivity contribution in [2.24, 2.45) is 0 Å². The minimum Gasteiger partial charge on any atom is -0.305 e. The Morgan fingerprint density at radius 2 is 2.06 bits per heavy atom. The molecule has 0 fully saturated rings. The summed E-state index contributed by atoms with van der Waals surface area (Å²) in [5.41, 5.74) is -0.180. The number of nitrogens with one attached hydrogen (secondary N) is 1. The standard InChI is InChI=1S/C12H14BrClFNO/c1-12(2,3)16-6-9(17)7-4-5-8(13)10(14)11(7)15/h4-5,16H,6H2,1-3H3. The highest BCUT2D eigenvalue weighted by Gasteiger charge is 2.18. The number of hydrogen-bond acceptors (Lipinski definition) is 2. The zero-order valence-electron chi connectivity index (χ0n) is 9.90. The van der Waals surface area contributed by atoms with Gasteiger partial charge in [-0.15, -0.1) is 0 Å². The number of Topliss-reactive ketones (excluding diaryl/α,β-unsaturated/α-hetero) is 1. The van der Waals surface area contributed by atoms with E-state index >= 15 is 0 Å². The van der Waals surface area contributed by atoms with Crippen LogP contribution in [0, 0.1) is 5.82 Å². The maximum Gasteiger partial charge on any atom is 0.179 e. The second-order valence-corrected chi connectivity index (χ2v) is 5.98. The molecule has 0 aliphatic carbocycles. The lowest BCUT2D eigenvalue weighted by atomic mass is 10.1. The molecule has 0 aliphatic rings. The number of halogens is 3. The normalized spacial score (nSPS) is 11.6. The van der Waals surface area contributed by atoms with Gasteiger partial charge < -0.3 is 5.32 Å². The van der Waals surface area contributed by atoms with Crippen LogP contribution in [0.2, 0.25) is 5.02 Å². The van der Waals surface area contributed by atoms with Gasteiger partial charge in [-0.2, -0.15) is 0 Å². The smallest absolute Gasteiger partial charge is 0.179 e. The van der Waals surface area contributed by atoms with Crippen LogP contribution in [0.4, 0.5) is 4.39 Å². The Labute approximate surface area is 114 Å². The maximum atomic E-state index is 13.7. The van der Waals surface area contributed by atoms with Gasteiger partial charge in [0.15, 0.2) is 11.6 Å². The third-order valence-electron chi connectivity index (χ3n) is 2.11. The lowest BCUT2D eigenvalue weighted by Crippen LogP contribution is -2.39. The Balaban J connectivity index is 2.87. The van der Waals surface area contributed by atoms with Gasteiger partial charge in [-0.25, -0.2) is 4.39 Å². The molecule has 0 radical (unpaired) electrons. The van der Waals surface area contributed by atoms with Crippen molar-refractivity contribution in [3.8, 4) is 0 Å². The maximum absolute atomic E-state index is 13.7. The summed E-state index contributed by atoms with van der Waals surface area (Å²) in [6.07, 6.45) is 0. The number of benzene rings is 1. The molecule has 1 rings (SSSR count). The lowest BCUT2D eigenvalue weighted by Gasteiger charge is -2.20. The Kier molecular flexibility index (Phi) is 4.69. The van der Waals surface area contributed by atoms with E-state index in [4.69, 9.17) is 11.6 Å². The fourth-order valence-electron chi connectivity index (χ4n) is 1.18. The molecule has 0 spiro atoms. The van der Waals surface area contributed by atoms with Crippen molar-refractivity contribution < 1.29 is 9.18 Å². The first kappa shape index (κ1) is 14.6. The summed E-state index contributed by atoms with van der Waals surface area (Å²) >= 11 is 8.82. The Hall–Kier alpha value is -0.450. The van der Waals surface area contributed by atoms with Crippen LogP contribution in [-0.4, -0.2) is 17.9 Å². The van der Waals surface area contributed by atoms with E-state index in [1.807, 2.05) is 20.8 Å². The van der Waals surface area contributed by atoms with Gasteiger partial charge in [-0.3, -0.25) is 4.79 Å². The van der Waals surface area contributed by atoms with Gasteiger partial charge in [0.25, 0.3) is 0 Å². The summed E-state index contributed by atoms with van der Waals surface area (Å²) in [4.78, 5) is 11.8. The molecule has 1 aromatic rings. The molecule has 2 nitrogen and oxygen atoms in total. The average Bonchev–Trinajstić information content (AvgIpc) is 2.22. The molecule has 0 bridgehead atoms. The fourth-order valence-corrected chi connectivity index (χ4v) is 1.65. The van der Waals surface area contributed by atoms with Gasteiger partial charge in [0, 0.05) is 10.0 Å². The van der Waals surface area contributed by atoms with Crippen LogP contribution in [0.5, 0.6) is 0 Å². The van der Waals surface area contributed by atoms with Crippen LogP contribution in [0.15, 0.2) is 16.6 Å². The average molecular weight is 323 g/mol. The molecule has 0 amide bonds. The Morgan fingerprint density at radius 1 is 1.47 bits per heavy atom. The quantitative estimate of drug-likeness (QED) is 0.677. The number of ketones is 1. The predicted octanol–water partition coefficient (Wildman–Crippen LogP) is 3.81. The van der Waals surface area contributed by atoms with Crippen LogP contribution >= 0.6 is 27.5 Å². The predicted molar refractivity (Wildman–Crippen MR) is 71.2 cm³/mol. The largest absolute Gasteiger partial charge is 0.305 e. The minimum absolute atomic E-state index is 0.00921. The highest BCUT2D eigenvalue weighted by atomic mass is 79.9. The van der Waals surface area contributed by atoms with E-state index in [0.717, 1.165) is 0 Å². The van der Waals surface area contributed by atoms with E-state index in [9.17, 15) is 9.18 Å². The molecule has 0 saturated heterocycles. The third kappa shape index (κ3) is 4.05. The molecule has 5 heteroatoms. The summed E-state index contributed by atoms with van der Waals surface area (Å²) in [7, 11) is 0.